The summed E-state index contributed by atoms with van der Waals surface area (Å²) < 4.78 is 5.02. The molecular formula is C20H21N3O2. The van der Waals surface area contributed by atoms with Crippen LogP contribution in [0.25, 0.3) is 0 Å². The largest absolute Gasteiger partial charge is 0.468 e. The highest BCUT2D eigenvalue weighted by molar-refractivity contribution is 5.77. The standard InChI is InChI=1S/C20H21N3O2/c1-25-20(24)19(16-7-5-6-15(12-16)13-21)23-11-10-18(14-23)22-17-8-3-2-4-9-17/h2-9,12,18-19,22H,10-11,14H2,1H3/t18-,19+/m0/s1. The fourth-order valence-corrected chi connectivity index (χ4v) is 3.30. The van der Waals surface area contributed by atoms with Crippen LogP contribution in [-0.2, 0) is 9.53 Å². The van der Waals surface area contributed by atoms with Gasteiger partial charge in [-0.05, 0) is 36.2 Å². The number of carbonyl (C=O) groups excluding carboxylic acids is 1. The highest BCUT2D eigenvalue weighted by atomic mass is 16.5. The van der Waals surface area contributed by atoms with Crippen molar-refractivity contribution in [3.05, 3.63) is 65.7 Å². The molecule has 1 aliphatic rings. The quantitative estimate of drug-likeness (QED) is 0.851. The minimum Gasteiger partial charge on any atom is -0.468 e. The maximum absolute atomic E-state index is 12.4. The van der Waals surface area contributed by atoms with Gasteiger partial charge in [-0.2, -0.15) is 5.26 Å². The van der Waals surface area contributed by atoms with E-state index in [2.05, 4.69) is 16.3 Å². The van der Waals surface area contributed by atoms with Gasteiger partial charge in [0.1, 0.15) is 6.04 Å². The van der Waals surface area contributed by atoms with Gasteiger partial charge in [-0.15, -0.1) is 0 Å². The molecule has 2 aromatic carbocycles. The van der Waals surface area contributed by atoms with E-state index in [9.17, 15) is 4.79 Å². The second kappa shape index (κ2) is 7.82. The van der Waals surface area contributed by atoms with E-state index in [4.69, 9.17) is 10.00 Å². The molecule has 3 rings (SSSR count). The lowest BCUT2D eigenvalue weighted by atomic mass is 10.0. The maximum atomic E-state index is 12.4. The average molecular weight is 335 g/mol. The topological polar surface area (TPSA) is 65.4 Å². The summed E-state index contributed by atoms with van der Waals surface area (Å²) >= 11 is 0. The van der Waals surface area contributed by atoms with Crippen molar-refractivity contribution >= 4 is 11.7 Å². The average Bonchev–Trinajstić information content (AvgIpc) is 3.10. The summed E-state index contributed by atoms with van der Waals surface area (Å²) in [6, 6.07) is 19.2. The molecule has 2 atom stereocenters. The number of carbonyl (C=O) groups is 1. The smallest absolute Gasteiger partial charge is 0.327 e. The molecule has 0 unspecified atom stereocenters. The molecule has 1 saturated heterocycles. The number of ether oxygens (including phenoxy) is 1. The highest BCUT2D eigenvalue weighted by Gasteiger charge is 2.34. The number of hydrogen-bond acceptors (Lipinski definition) is 5. The molecule has 0 bridgehead atoms. The summed E-state index contributed by atoms with van der Waals surface area (Å²) in [7, 11) is 1.40. The first-order valence-electron chi connectivity index (χ1n) is 8.35. The first-order valence-corrected chi connectivity index (χ1v) is 8.35. The van der Waals surface area contributed by atoms with E-state index < -0.39 is 6.04 Å². The second-order valence-corrected chi connectivity index (χ2v) is 6.15. The molecular weight excluding hydrogens is 314 g/mol. The lowest BCUT2D eigenvalue weighted by Crippen LogP contribution is -2.35. The van der Waals surface area contributed by atoms with Crippen molar-refractivity contribution in [2.75, 3.05) is 25.5 Å². The molecule has 0 spiro atoms. The van der Waals surface area contributed by atoms with Crippen LogP contribution in [0.2, 0.25) is 0 Å². The van der Waals surface area contributed by atoms with E-state index in [1.807, 2.05) is 36.4 Å². The molecule has 25 heavy (non-hydrogen) atoms. The third kappa shape index (κ3) is 3.98. The molecule has 1 N–H and O–H groups in total. The molecule has 0 radical (unpaired) electrons. The van der Waals surface area contributed by atoms with Crippen molar-refractivity contribution in [2.24, 2.45) is 0 Å². The van der Waals surface area contributed by atoms with Crippen LogP contribution in [0.3, 0.4) is 0 Å². The fraction of sp³-hybridized carbons (Fsp3) is 0.300. The Morgan fingerprint density at radius 3 is 2.80 bits per heavy atom. The van der Waals surface area contributed by atoms with Crippen LogP contribution in [0.4, 0.5) is 5.69 Å². The molecule has 128 valence electrons. The Morgan fingerprint density at radius 2 is 2.08 bits per heavy atom. The lowest BCUT2D eigenvalue weighted by molar-refractivity contribution is -0.146. The molecule has 1 fully saturated rings. The zero-order valence-corrected chi connectivity index (χ0v) is 14.2. The van der Waals surface area contributed by atoms with Gasteiger partial charge in [0.15, 0.2) is 0 Å². The first kappa shape index (κ1) is 17.0. The van der Waals surface area contributed by atoms with Gasteiger partial charge in [0.2, 0.25) is 0 Å². The Labute approximate surface area is 147 Å². The van der Waals surface area contributed by atoms with E-state index in [1.54, 1.807) is 18.2 Å². The minimum atomic E-state index is -0.485. The molecule has 5 heteroatoms. The Hall–Kier alpha value is -2.84. The molecule has 1 aliphatic heterocycles. The molecule has 0 aliphatic carbocycles. The molecule has 0 aromatic heterocycles. The summed E-state index contributed by atoms with van der Waals surface area (Å²) in [4.78, 5) is 14.5. The van der Waals surface area contributed by atoms with Crippen molar-refractivity contribution in [3.63, 3.8) is 0 Å². The number of para-hydroxylation sites is 1. The predicted molar refractivity (Wildman–Crippen MR) is 96.0 cm³/mol. The monoisotopic (exact) mass is 335 g/mol. The molecule has 2 aromatic rings. The number of hydrogen-bond donors (Lipinski definition) is 1. The number of methoxy groups -OCH3 is 1. The zero-order chi connectivity index (χ0) is 17.6. The SMILES string of the molecule is COC(=O)[C@@H](c1cccc(C#N)c1)N1CC[C@H](Nc2ccccc2)C1. The summed E-state index contributed by atoms with van der Waals surface area (Å²) in [5.41, 5.74) is 2.42. The van der Waals surface area contributed by atoms with Gasteiger partial charge >= 0.3 is 5.97 Å². The van der Waals surface area contributed by atoms with Crippen molar-refractivity contribution in [2.45, 2.75) is 18.5 Å². The van der Waals surface area contributed by atoms with Gasteiger partial charge < -0.3 is 10.1 Å². The van der Waals surface area contributed by atoms with E-state index in [0.29, 0.717) is 5.56 Å². The fourth-order valence-electron chi connectivity index (χ4n) is 3.30. The van der Waals surface area contributed by atoms with E-state index >= 15 is 0 Å². The van der Waals surface area contributed by atoms with Crippen LogP contribution in [0, 0.1) is 11.3 Å². The first-order chi connectivity index (χ1) is 12.2. The number of esters is 1. The number of likely N-dealkylation sites (tertiary alicyclic amines) is 1. The Bertz CT molecular complexity index is 770. The van der Waals surface area contributed by atoms with Crippen LogP contribution >= 0.6 is 0 Å². The number of nitriles is 1. The van der Waals surface area contributed by atoms with Crippen LogP contribution in [0.15, 0.2) is 54.6 Å². The van der Waals surface area contributed by atoms with E-state index in [-0.39, 0.29) is 12.0 Å². The van der Waals surface area contributed by atoms with Gasteiger partial charge in [-0.25, -0.2) is 4.79 Å². The Morgan fingerprint density at radius 1 is 1.28 bits per heavy atom. The van der Waals surface area contributed by atoms with E-state index in [0.717, 1.165) is 30.8 Å². The van der Waals surface area contributed by atoms with Gasteiger partial charge in [0.05, 0.1) is 18.7 Å². The Kier molecular flexibility index (Phi) is 5.32. The van der Waals surface area contributed by atoms with Gasteiger partial charge in [-0.1, -0.05) is 30.3 Å². The van der Waals surface area contributed by atoms with Gasteiger partial charge in [-0.3, -0.25) is 4.90 Å². The summed E-state index contributed by atoms with van der Waals surface area (Å²) in [5.74, 6) is -0.296. The highest BCUT2D eigenvalue weighted by Crippen LogP contribution is 2.28. The molecule has 0 amide bonds. The van der Waals surface area contributed by atoms with Crippen LogP contribution in [0.1, 0.15) is 23.6 Å². The van der Waals surface area contributed by atoms with Crippen LogP contribution in [-0.4, -0.2) is 37.1 Å². The zero-order valence-electron chi connectivity index (χ0n) is 14.2. The van der Waals surface area contributed by atoms with Gasteiger partial charge in [0, 0.05) is 24.8 Å². The Balaban J connectivity index is 1.76. The number of nitrogens with one attached hydrogen (secondary N) is 1. The summed E-state index contributed by atoms with van der Waals surface area (Å²) in [5, 5.41) is 12.6. The van der Waals surface area contributed by atoms with Crippen LogP contribution in [0.5, 0.6) is 0 Å². The van der Waals surface area contributed by atoms with Gasteiger partial charge in [0.25, 0.3) is 0 Å². The summed E-state index contributed by atoms with van der Waals surface area (Å²) in [6.45, 7) is 1.53. The molecule has 0 saturated carbocycles. The summed E-state index contributed by atoms with van der Waals surface area (Å²) in [6.07, 6.45) is 0.945. The lowest BCUT2D eigenvalue weighted by Gasteiger charge is -2.26. The van der Waals surface area contributed by atoms with Crippen molar-refractivity contribution < 1.29 is 9.53 Å². The van der Waals surface area contributed by atoms with Crippen molar-refractivity contribution in [1.29, 1.82) is 5.26 Å². The molecule has 5 nitrogen and oxygen atoms in total. The maximum Gasteiger partial charge on any atom is 0.327 e. The predicted octanol–water partition coefficient (Wildman–Crippen LogP) is 2.96. The van der Waals surface area contributed by atoms with Crippen molar-refractivity contribution in [1.82, 2.24) is 4.90 Å². The number of benzene rings is 2. The molecule has 1 heterocycles. The number of nitrogens with zero attached hydrogens (tertiary/aromatic N) is 2. The second-order valence-electron chi connectivity index (χ2n) is 6.15. The number of rotatable bonds is 5. The number of anilines is 1. The third-order valence-electron chi connectivity index (χ3n) is 4.49. The normalized spacial score (nSPS) is 18.3. The third-order valence-corrected chi connectivity index (χ3v) is 4.49. The minimum absolute atomic E-state index is 0.272. The van der Waals surface area contributed by atoms with Crippen molar-refractivity contribution in [3.8, 4) is 6.07 Å². The van der Waals surface area contributed by atoms with E-state index in [1.165, 1.54) is 7.11 Å². The van der Waals surface area contributed by atoms with Crippen LogP contribution < -0.4 is 5.32 Å².